The number of rotatable bonds is 3. The molecule has 2 N–H and O–H groups in total. The fourth-order valence-corrected chi connectivity index (χ4v) is 4.63. The number of hydrogen-bond donors (Lipinski definition) is 2. The van der Waals surface area contributed by atoms with Crippen molar-refractivity contribution >= 4 is 5.71 Å². The van der Waals surface area contributed by atoms with Gasteiger partial charge in [0.2, 0.25) is 0 Å². The van der Waals surface area contributed by atoms with Gasteiger partial charge in [-0.3, -0.25) is 9.67 Å². The predicted octanol–water partition coefficient (Wildman–Crippen LogP) is 4.21. The third kappa shape index (κ3) is 3.34. The molecule has 2 aliphatic carbocycles. The highest BCUT2D eigenvalue weighted by Gasteiger charge is 2.25. The van der Waals surface area contributed by atoms with Crippen LogP contribution in [0.1, 0.15) is 49.3 Å². The molecule has 1 unspecified atom stereocenters. The fraction of sp³-hybridized carbons (Fsp3) is 0.348. The first-order valence-corrected chi connectivity index (χ1v) is 10.2. The number of nitrogens with zero attached hydrogens (tertiary/aromatic N) is 4. The molecule has 29 heavy (non-hydrogen) atoms. The largest absolute Gasteiger partial charge is 0.411 e. The molecule has 6 heteroatoms. The maximum absolute atomic E-state index is 10.1. The number of oxime groups is 1. The van der Waals surface area contributed by atoms with E-state index in [0.717, 1.165) is 72.2 Å². The summed E-state index contributed by atoms with van der Waals surface area (Å²) in [4.78, 5) is 4.14. The Hall–Kier alpha value is -2.99. The van der Waals surface area contributed by atoms with Crippen molar-refractivity contribution in [2.75, 3.05) is 0 Å². The van der Waals surface area contributed by atoms with Crippen molar-refractivity contribution in [2.45, 2.75) is 50.7 Å². The van der Waals surface area contributed by atoms with Crippen LogP contribution in [-0.2, 0) is 6.42 Å². The molecule has 1 fully saturated rings. The van der Waals surface area contributed by atoms with Gasteiger partial charge in [-0.05, 0) is 61.8 Å². The summed E-state index contributed by atoms with van der Waals surface area (Å²) in [5.41, 5.74) is 7.14. The predicted molar refractivity (Wildman–Crippen MR) is 111 cm³/mol. The minimum atomic E-state index is -0.248. The van der Waals surface area contributed by atoms with Gasteiger partial charge in [-0.2, -0.15) is 5.10 Å². The Kier molecular flexibility index (Phi) is 4.64. The Balaban J connectivity index is 1.60. The summed E-state index contributed by atoms with van der Waals surface area (Å²) in [6, 6.07) is 10.5. The van der Waals surface area contributed by atoms with Crippen molar-refractivity contribution in [3.8, 4) is 22.4 Å². The molecule has 0 saturated heterocycles. The van der Waals surface area contributed by atoms with Crippen molar-refractivity contribution in [1.82, 2.24) is 14.8 Å². The Morgan fingerprint density at radius 1 is 1.00 bits per heavy atom. The molecule has 3 aromatic rings. The standard InChI is InChI=1S/C23H24N4O2/c28-19-3-1-2-18(13-19)27-14-21(23(25-27)15-8-10-24-11-9-15)17-4-6-20-16(12-17)5-7-22(20)26-29/h4,6,8-12,14,18-19,28-29H,1-3,5,7,13H2/b26-22+/t18?,19-/m1/s1. The lowest BCUT2D eigenvalue weighted by Gasteiger charge is -2.26. The first-order chi connectivity index (χ1) is 14.2. The summed E-state index contributed by atoms with van der Waals surface area (Å²) in [5, 5.41) is 27.7. The van der Waals surface area contributed by atoms with Gasteiger partial charge in [0, 0.05) is 35.3 Å². The summed E-state index contributed by atoms with van der Waals surface area (Å²) >= 11 is 0. The number of aliphatic hydroxyl groups excluding tert-OH is 1. The van der Waals surface area contributed by atoms with Crippen molar-refractivity contribution in [2.24, 2.45) is 5.16 Å². The molecule has 0 aliphatic heterocycles. The smallest absolute Gasteiger partial charge is 0.100 e. The molecule has 1 saturated carbocycles. The molecular formula is C23H24N4O2. The maximum atomic E-state index is 10.1. The van der Waals surface area contributed by atoms with E-state index >= 15 is 0 Å². The van der Waals surface area contributed by atoms with Crippen LogP contribution in [0, 0.1) is 0 Å². The molecule has 2 aliphatic rings. The SMILES string of the molecule is O/N=C1\CCc2cc(-c3cn(C4CCC[C@@H](O)C4)nc3-c3ccncc3)ccc21. The number of benzene rings is 1. The number of aromatic nitrogens is 3. The van der Waals surface area contributed by atoms with E-state index in [0.29, 0.717) is 0 Å². The van der Waals surface area contributed by atoms with Crippen LogP contribution in [0.25, 0.3) is 22.4 Å². The summed E-state index contributed by atoms with van der Waals surface area (Å²) in [5.74, 6) is 0. The highest BCUT2D eigenvalue weighted by atomic mass is 16.4. The van der Waals surface area contributed by atoms with Gasteiger partial charge in [0.25, 0.3) is 0 Å². The van der Waals surface area contributed by atoms with Crippen LogP contribution in [-0.4, -0.2) is 36.9 Å². The van der Waals surface area contributed by atoms with Crippen LogP contribution < -0.4 is 0 Å². The number of fused-ring (bicyclic) bond motifs is 1. The Labute approximate surface area is 169 Å². The minimum absolute atomic E-state index is 0.218. The van der Waals surface area contributed by atoms with Crippen LogP contribution in [0.2, 0.25) is 0 Å². The second kappa shape index (κ2) is 7.44. The lowest BCUT2D eigenvalue weighted by Crippen LogP contribution is -2.22. The zero-order valence-corrected chi connectivity index (χ0v) is 16.2. The Morgan fingerprint density at radius 3 is 2.66 bits per heavy atom. The van der Waals surface area contributed by atoms with E-state index in [1.807, 2.05) is 22.9 Å². The van der Waals surface area contributed by atoms with Crippen LogP contribution in [0.15, 0.2) is 54.1 Å². The van der Waals surface area contributed by atoms with E-state index in [1.54, 1.807) is 12.4 Å². The topological polar surface area (TPSA) is 83.5 Å². The summed E-state index contributed by atoms with van der Waals surface area (Å²) in [6.45, 7) is 0. The van der Waals surface area contributed by atoms with Crippen LogP contribution in [0.5, 0.6) is 0 Å². The molecule has 0 bridgehead atoms. The highest BCUT2D eigenvalue weighted by Crippen LogP contribution is 2.37. The van der Waals surface area contributed by atoms with Crippen molar-refractivity contribution in [3.05, 3.63) is 60.0 Å². The maximum Gasteiger partial charge on any atom is 0.100 e. The van der Waals surface area contributed by atoms with Gasteiger partial charge < -0.3 is 10.3 Å². The first kappa shape index (κ1) is 18.1. The molecule has 1 aromatic carbocycles. The molecule has 2 atom stereocenters. The van der Waals surface area contributed by atoms with Crippen molar-refractivity contribution in [3.63, 3.8) is 0 Å². The zero-order chi connectivity index (χ0) is 19.8. The van der Waals surface area contributed by atoms with E-state index in [4.69, 9.17) is 5.10 Å². The van der Waals surface area contributed by atoms with Crippen LogP contribution in [0.4, 0.5) is 0 Å². The van der Waals surface area contributed by atoms with E-state index in [-0.39, 0.29) is 12.1 Å². The van der Waals surface area contributed by atoms with Gasteiger partial charge in [-0.15, -0.1) is 0 Å². The van der Waals surface area contributed by atoms with Gasteiger partial charge in [0.1, 0.15) is 5.69 Å². The van der Waals surface area contributed by atoms with Gasteiger partial charge in [-0.25, -0.2) is 0 Å². The molecule has 148 valence electrons. The monoisotopic (exact) mass is 388 g/mol. The quantitative estimate of drug-likeness (QED) is 0.520. The molecule has 2 heterocycles. The zero-order valence-electron chi connectivity index (χ0n) is 16.2. The molecule has 6 nitrogen and oxygen atoms in total. The average molecular weight is 388 g/mol. The number of aryl methyl sites for hydroxylation is 1. The lowest BCUT2D eigenvalue weighted by atomic mass is 9.93. The third-order valence-corrected chi connectivity index (χ3v) is 6.16. The fourth-order valence-electron chi connectivity index (χ4n) is 4.63. The molecule has 0 spiro atoms. The Morgan fingerprint density at radius 2 is 1.86 bits per heavy atom. The molecule has 5 rings (SSSR count). The average Bonchev–Trinajstić information content (AvgIpc) is 3.38. The van der Waals surface area contributed by atoms with Crippen LogP contribution >= 0.6 is 0 Å². The summed E-state index contributed by atoms with van der Waals surface area (Å²) < 4.78 is 2.04. The van der Waals surface area contributed by atoms with Gasteiger partial charge >= 0.3 is 0 Å². The highest BCUT2D eigenvalue weighted by molar-refractivity contribution is 6.04. The van der Waals surface area contributed by atoms with E-state index in [1.165, 1.54) is 5.56 Å². The van der Waals surface area contributed by atoms with Gasteiger partial charge in [-0.1, -0.05) is 23.4 Å². The van der Waals surface area contributed by atoms with E-state index in [2.05, 4.69) is 28.5 Å². The Bertz CT molecular complexity index is 1060. The molecule has 0 radical (unpaired) electrons. The first-order valence-electron chi connectivity index (χ1n) is 10.2. The van der Waals surface area contributed by atoms with E-state index in [9.17, 15) is 10.3 Å². The van der Waals surface area contributed by atoms with Crippen molar-refractivity contribution < 1.29 is 10.3 Å². The lowest BCUT2D eigenvalue weighted by molar-refractivity contribution is 0.100. The second-order valence-corrected chi connectivity index (χ2v) is 8.00. The number of hydrogen-bond acceptors (Lipinski definition) is 5. The number of aliphatic hydroxyl groups is 1. The minimum Gasteiger partial charge on any atom is -0.411 e. The van der Waals surface area contributed by atoms with Gasteiger partial charge in [0.05, 0.1) is 17.9 Å². The molecule has 2 aromatic heterocycles. The molecular weight excluding hydrogens is 364 g/mol. The second-order valence-electron chi connectivity index (χ2n) is 8.00. The van der Waals surface area contributed by atoms with Gasteiger partial charge in [0.15, 0.2) is 0 Å². The van der Waals surface area contributed by atoms with E-state index < -0.39 is 0 Å². The summed E-state index contributed by atoms with van der Waals surface area (Å²) in [6.07, 6.45) is 10.8. The third-order valence-electron chi connectivity index (χ3n) is 6.16. The molecule has 0 amide bonds. The van der Waals surface area contributed by atoms with Crippen molar-refractivity contribution in [1.29, 1.82) is 0 Å². The normalized spacial score (nSPS) is 22.7. The summed E-state index contributed by atoms with van der Waals surface area (Å²) in [7, 11) is 0. The van der Waals surface area contributed by atoms with Crippen LogP contribution in [0.3, 0.4) is 0 Å². The number of pyridine rings is 1.